The van der Waals surface area contributed by atoms with E-state index in [-0.39, 0.29) is 18.9 Å². The molecule has 5 nitrogen and oxygen atoms in total. The number of benzene rings is 1. The maximum atomic E-state index is 11.8. The molecule has 0 fully saturated rings. The van der Waals surface area contributed by atoms with Crippen LogP contribution in [0.5, 0.6) is 0 Å². The predicted molar refractivity (Wildman–Crippen MR) is 73.1 cm³/mol. The van der Waals surface area contributed by atoms with E-state index >= 15 is 0 Å². The maximum Gasteiger partial charge on any atom is 0.247 e. The first-order chi connectivity index (χ1) is 9.06. The Labute approximate surface area is 111 Å². The van der Waals surface area contributed by atoms with E-state index < -0.39 is 5.91 Å². The molecule has 0 aromatic heterocycles. The monoisotopic (exact) mass is 257 g/mol. The van der Waals surface area contributed by atoms with Gasteiger partial charge in [0, 0.05) is 0 Å². The minimum atomic E-state index is -0.569. The number of hydrogen-bond acceptors (Lipinski definition) is 3. The second-order valence-electron chi connectivity index (χ2n) is 4.36. The Bertz CT molecular complexity index is 561. The lowest BCUT2D eigenvalue weighted by atomic mass is 10.0. The summed E-state index contributed by atoms with van der Waals surface area (Å²) in [6.45, 7) is 1.64. The fourth-order valence-electron chi connectivity index (χ4n) is 1.86. The molecule has 2 N–H and O–H groups in total. The van der Waals surface area contributed by atoms with Crippen LogP contribution in [0.25, 0.3) is 6.08 Å². The Kier molecular flexibility index (Phi) is 3.75. The lowest BCUT2D eigenvalue weighted by Gasteiger charge is -2.22. The molecular weight excluding hydrogens is 242 g/mol. The van der Waals surface area contributed by atoms with Gasteiger partial charge in [-0.25, -0.2) is 5.01 Å². The van der Waals surface area contributed by atoms with Crippen molar-refractivity contribution in [3.05, 3.63) is 41.5 Å². The van der Waals surface area contributed by atoms with Gasteiger partial charge in [-0.1, -0.05) is 30.3 Å². The van der Waals surface area contributed by atoms with Gasteiger partial charge in [-0.05, 0) is 24.1 Å². The molecule has 1 aliphatic rings. The number of nitrogens with two attached hydrogens (primary N) is 1. The van der Waals surface area contributed by atoms with Gasteiger partial charge in [-0.3, -0.25) is 9.59 Å². The normalized spacial score (nSPS) is 17.5. The van der Waals surface area contributed by atoms with Gasteiger partial charge in [0.15, 0.2) is 0 Å². The highest BCUT2D eigenvalue weighted by atomic mass is 16.2. The van der Waals surface area contributed by atoms with Crippen molar-refractivity contribution in [2.24, 2.45) is 10.8 Å². The van der Waals surface area contributed by atoms with E-state index in [1.54, 1.807) is 0 Å². The van der Waals surface area contributed by atoms with Crippen molar-refractivity contribution >= 4 is 23.6 Å². The van der Waals surface area contributed by atoms with Crippen molar-refractivity contribution < 1.29 is 9.59 Å². The van der Waals surface area contributed by atoms with E-state index in [1.165, 1.54) is 0 Å². The van der Waals surface area contributed by atoms with Crippen LogP contribution < -0.4 is 5.73 Å². The number of amides is 2. The molecule has 0 unspecified atom stereocenters. The summed E-state index contributed by atoms with van der Waals surface area (Å²) < 4.78 is 0. The number of hydrazone groups is 1. The third-order valence-corrected chi connectivity index (χ3v) is 2.81. The van der Waals surface area contributed by atoms with Crippen LogP contribution in [-0.4, -0.2) is 29.1 Å². The molecule has 0 radical (unpaired) electrons. The van der Waals surface area contributed by atoms with Crippen LogP contribution in [0.1, 0.15) is 18.9 Å². The van der Waals surface area contributed by atoms with Crippen molar-refractivity contribution in [1.82, 2.24) is 5.01 Å². The lowest BCUT2D eigenvalue weighted by Crippen LogP contribution is -2.38. The Balaban J connectivity index is 2.24. The fourth-order valence-corrected chi connectivity index (χ4v) is 1.86. The number of hydrogen-bond donors (Lipinski definition) is 1. The van der Waals surface area contributed by atoms with Crippen LogP contribution >= 0.6 is 0 Å². The quantitative estimate of drug-likeness (QED) is 0.882. The Morgan fingerprint density at radius 2 is 2.11 bits per heavy atom. The van der Waals surface area contributed by atoms with E-state index in [2.05, 4.69) is 5.10 Å². The summed E-state index contributed by atoms with van der Waals surface area (Å²) in [5, 5.41) is 5.24. The summed E-state index contributed by atoms with van der Waals surface area (Å²) >= 11 is 0. The fraction of sp³-hybridized carbons (Fsp3) is 0.214. The average molecular weight is 257 g/mol. The Morgan fingerprint density at radius 1 is 1.42 bits per heavy atom. The molecule has 19 heavy (non-hydrogen) atoms. The van der Waals surface area contributed by atoms with E-state index in [1.807, 2.05) is 43.3 Å². The van der Waals surface area contributed by atoms with Gasteiger partial charge in [0.1, 0.15) is 6.54 Å². The average Bonchev–Trinajstić information content (AvgIpc) is 2.36. The van der Waals surface area contributed by atoms with Crippen molar-refractivity contribution in [3.8, 4) is 0 Å². The van der Waals surface area contributed by atoms with Gasteiger partial charge in [0.05, 0.1) is 12.1 Å². The second kappa shape index (κ2) is 5.48. The summed E-state index contributed by atoms with van der Waals surface area (Å²) in [5.74, 6) is -0.785. The van der Waals surface area contributed by atoms with E-state index in [0.29, 0.717) is 0 Å². The zero-order chi connectivity index (χ0) is 13.8. The number of rotatable bonds is 3. The smallest absolute Gasteiger partial charge is 0.247 e. The number of carbonyl (C=O) groups is 2. The molecule has 0 saturated heterocycles. The molecule has 0 atom stereocenters. The van der Waals surface area contributed by atoms with Gasteiger partial charge in [-0.2, -0.15) is 5.10 Å². The SMILES string of the molecule is CC1=NN(CC(N)=O)C(=O)C/C1=C/c1ccccc1. The number of primary amides is 1. The lowest BCUT2D eigenvalue weighted by molar-refractivity contribution is -0.134. The van der Waals surface area contributed by atoms with Crippen LogP contribution in [0.2, 0.25) is 0 Å². The van der Waals surface area contributed by atoms with Crippen LogP contribution in [-0.2, 0) is 9.59 Å². The molecule has 0 aliphatic carbocycles. The molecule has 1 aromatic carbocycles. The third-order valence-electron chi connectivity index (χ3n) is 2.81. The largest absolute Gasteiger partial charge is 0.368 e. The van der Waals surface area contributed by atoms with Crippen molar-refractivity contribution in [1.29, 1.82) is 0 Å². The highest BCUT2D eigenvalue weighted by Crippen LogP contribution is 2.18. The molecule has 2 rings (SSSR count). The third kappa shape index (κ3) is 3.28. The van der Waals surface area contributed by atoms with E-state index in [0.717, 1.165) is 21.9 Å². The first kappa shape index (κ1) is 13.0. The molecule has 5 heteroatoms. The van der Waals surface area contributed by atoms with Crippen molar-refractivity contribution in [2.45, 2.75) is 13.3 Å². The highest BCUT2D eigenvalue weighted by Gasteiger charge is 2.23. The standard InChI is InChI=1S/C14H15N3O2/c1-10-12(7-11-5-3-2-4-6-11)8-14(19)17(16-10)9-13(15)18/h2-7H,8-9H2,1H3,(H2,15,18)/b12-7-. The molecule has 0 spiro atoms. The molecule has 1 aliphatic heterocycles. The summed E-state index contributed by atoms with van der Waals surface area (Å²) in [6, 6.07) is 9.72. The molecule has 1 aromatic rings. The Morgan fingerprint density at radius 3 is 2.74 bits per heavy atom. The van der Waals surface area contributed by atoms with Gasteiger partial charge >= 0.3 is 0 Å². The molecule has 2 amide bonds. The number of nitrogens with zero attached hydrogens (tertiary/aromatic N) is 2. The van der Waals surface area contributed by atoms with Crippen LogP contribution in [0.3, 0.4) is 0 Å². The zero-order valence-electron chi connectivity index (χ0n) is 10.7. The highest BCUT2D eigenvalue weighted by molar-refractivity contribution is 6.08. The summed E-state index contributed by atoms with van der Waals surface area (Å²) in [7, 11) is 0. The topological polar surface area (TPSA) is 75.8 Å². The molecule has 98 valence electrons. The van der Waals surface area contributed by atoms with Crippen molar-refractivity contribution in [2.75, 3.05) is 6.54 Å². The second-order valence-corrected chi connectivity index (χ2v) is 4.36. The maximum absolute atomic E-state index is 11.8. The predicted octanol–water partition coefficient (Wildman–Crippen LogP) is 1.16. The van der Waals surface area contributed by atoms with Gasteiger partial charge in [0.25, 0.3) is 0 Å². The minimum Gasteiger partial charge on any atom is -0.368 e. The van der Waals surface area contributed by atoms with Crippen LogP contribution in [0.4, 0.5) is 0 Å². The molecule has 0 bridgehead atoms. The first-order valence-corrected chi connectivity index (χ1v) is 5.96. The van der Waals surface area contributed by atoms with Gasteiger partial charge < -0.3 is 5.73 Å². The van der Waals surface area contributed by atoms with Gasteiger partial charge in [0.2, 0.25) is 11.8 Å². The van der Waals surface area contributed by atoms with Gasteiger partial charge in [-0.15, -0.1) is 0 Å². The summed E-state index contributed by atoms with van der Waals surface area (Å²) in [6.07, 6.45) is 2.16. The summed E-state index contributed by atoms with van der Waals surface area (Å²) in [5.41, 5.74) is 7.67. The molecule has 0 saturated carbocycles. The van der Waals surface area contributed by atoms with E-state index in [9.17, 15) is 9.59 Å². The Hall–Kier alpha value is -2.43. The molecular formula is C14H15N3O2. The minimum absolute atomic E-state index is 0.172. The zero-order valence-corrected chi connectivity index (χ0v) is 10.7. The van der Waals surface area contributed by atoms with Crippen molar-refractivity contribution in [3.63, 3.8) is 0 Å². The van der Waals surface area contributed by atoms with E-state index in [4.69, 9.17) is 5.73 Å². The first-order valence-electron chi connectivity index (χ1n) is 5.96. The number of carbonyl (C=O) groups excluding carboxylic acids is 2. The van der Waals surface area contributed by atoms with Crippen LogP contribution in [0.15, 0.2) is 41.0 Å². The molecule has 1 heterocycles. The van der Waals surface area contributed by atoms with Crippen LogP contribution in [0, 0.1) is 0 Å². The summed E-state index contributed by atoms with van der Waals surface area (Å²) in [4.78, 5) is 22.7.